The third-order valence-corrected chi connectivity index (χ3v) is 2.76. The van der Waals surface area contributed by atoms with E-state index < -0.39 is 0 Å². The van der Waals surface area contributed by atoms with Gasteiger partial charge in [0, 0.05) is 18.5 Å². The maximum absolute atomic E-state index is 5.59. The molecule has 2 rings (SSSR count). The van der Waals surface area contributed by atoms with Crippen LogP contribution < -0.4 is 10.1 Å². The third kappa shape index (κ3) is 3.97. The van der Waals surface area contributed by atoms with E-state index in [0.717, 1.165) is 24.3 Å². The zero-order chi connectivity index (χ0) is 9.80. The lowest BCUT2D eigenvalue weighted by molar-refractivity contribution is 0.250. The molecule has 0 aliphatic carbocycles. The van der Waals surface area contributed by atoms with Crippen molar-refractivity contribution < 1.29 is 4.74 Å². The highest BCUT2D eigenvalue weighted by Gasteiger charge is 2.14. The first-order valence-electron chi connectivity index (χ1n) is 4.80. The van der Waals surface area contributed by atoms with Gasteiger partial charge < -0.3 is 10.1 Å². The number of nitrogens with zero attached hydrogens (tertiary/aromatic N) is 1. The first-order valence-corrected chi connectivity index (χ1v) is 5.60. The Morgan fingerprint density at radius 3 is 3.07 bits per heavy atom. The van der Waals surface area contributed by atoms with Gasteiger partial charge in [-0.25, -0.2) is 4.98 Å². The summed E-state index contributed by atoms with van der Waals surface area (Å²) >= 11 is 3.31. The Hall–Kier alpha value is -0.320. The molecule has 1 aromatic heterocycles. The third-order valence-electron chi connectivity index (χ3n) is 2.32. The molecule has 1 aliphatic heterocycles. The van der Waals surface area contributed by atoms with Gasteiger partial charge in [0.2, 0.25) is 5.88 Å². The van der Waals surface area contributed by atoms with Crippen LogP contribution in [-0.2, 0) is 0 Å². The van der Waals surface area contributed by atoms with Gasteiger partial charge in [0.15, 0.2) is 0 Å². The fourth-order valence-electron chi connectivity index (χ4n) is 1.53. The molecule has 0 spiro atoms. The van der Waals surface area contributed by atoms with Crippen LogP contribution in [0.25, 0.3) is 0 Å². The van der Waals surface area contributed by atoms with Gasteiger partial charge in [0.25, 0.3) is 0 Å². The number of rotatable bonds is 3. The van der Waals surface area contributed by atoms with Crippen LogP contribution in [0.15, 0.2) is 22.8 Å². The normalized spacial score (nSPS) is 19.7. The first-order chi connectivity index (χ1) is 6.84. The van der Waals surface area contributed by atoms with Crippen molar-refractivity contribution in [1.29, 1.82) is 0 Å². The van der Waals surface area contributed by atoms with Crippen LogP contribution in [0.4, 0.5) is 0 Å². The Labute approximate surface area is 104 Å². The molecule has 0 radical (unpaired) electrons. The Bertz CT molecular complexity index is 305. The molecule has 3 nitrogen and oxygen atoms in total. The molecule has 1 saturated heterocycles. The predicted octanol–water partition coefficient (Wildman–Crippen LogP) is 2.25. The van der Waals surface area contributed by atoms with Crippen LogP contribution >= 0.6 is 28.3 Å². The van der Waals surface area contributed by atoms with Gasteiger partial charge in [-0.2, -0.15) is 0 Å². The van der Waals surface area contributed by atoms with E-state index in [1.54, 1.807) is 0 Å². The molecule has 0 saturated carbocycles. The van der Waals surface area contributed by atoms with E-state index in [4.69, 9.17) is 4.74 Å². The van der Waals surface area contributed by atoms with Crippen LogP contribution in [0.5, 0.6) is 5.88 Å². The van der Waals surface area contributed by atoms with Gasteiger partial charge >= 0.3 is 0 Å². The molecule has 15 heavy (non-hydrogen) atoms. The number of ether oxygens (including phenoxy) is 1. The van der Waals surface area contributed by atoms with Crippen LogP contribution in [0.2, 0.25) is 0 Å². The van der Waals surface area contributed by atoms with E-state index in [0.29, 0.717) is 11.8 Å². The minimum absolute atomic E-state index is 0. The van der Waals surface area contributed by atoms with E-state index in [1.807, 2.05) is 18.2 Å². The van der Waals surface area contributed by atoms with Crippen molar-refractivity contribution >= 4 is 28.3 Å². The van der Waals surface area contributed by atoms with E-state index >= 15 is 0 Å². The molecule has 0 bridgehead atoms. The maximum Gasteiger partial charge on any atom is 0.214 e. The number of hydrogen-bond donors (Lipinski definition) is 1. The fraction of sp³-hybridized carbons (Fsp3) is 0.500. The summed E-state index contributed by atoms with van der Waals surface area (Å²) in [5.74, 6) is 1.34. The molecule has 1 N–H and O–H groups in total. The van der Waals surface area contributed by atoms with Crippen LogP contribution in [0.1, 0.15) is 6.42 Å². The molecular weight excluding hydrogens is 279 g/mol. The average molecular weight is 294 g/mol. The van der Waals surface area contributed by atoms with Gasteiger partial charge in [0.1, 0.15) is 4.60 Å². The fourth-order valence-corrected chi connectivity index (χ4v) is 1.86. The molecule has 1 aromatic rings. The smallest absolute Gasteiger partial charge is 0.214 e. The highest BCUT2D eigenvalue weighted by atomic mass is 79.9. The number of halogens is 2. The van der Waals surface area contributed by atoms with Crippen LogP contribution in [0, 0.1) is 5.92 Å². The SMILES string of the molecule is Brc1cccc(OCC2CCNC2)n1.Cl. The average Bonchev–Trinajstić information content (AvgIpc) is 2.67. The van der Waals surface area contributed by atoms with Crippen molar-refractivity contribution in [3.63, 3.8) is 0 Å². The first kappa shape index (κ1) is 12.7. The molecule has 0 amide bonds. The molecule has 84 valence electrons. The molecule has 1 unspecified atom stereocenters. The summed E-state index contributed by atoms with van der Waals surface area (Å²) < 4.78 is 6.41. The largest absolute Gasteiger partial charge is 0.477 e. The Balaban J connectivity index is 0.00000112. The summed E-state index contributed by atoms with van der Waals surface area (Å²) in [5, 5.41) is 3.31. The molecule has 1 atom stereocenters. The van der Waals surface area contributed by atoms with Crippen molar-refractivity contribution in [2.45, 2.75) is 6.42 Å². The second-order valence-electron chi connectivity index (χ2n) is 3.47. The zero-order valence-corrected chi connectivity index (χ0v) is 10.7. The van der Waals surface area contributed by atoms with Gasteiger partial charge in [-0.05, 0) is 35.0 Å². The van der Waals surface area contributed by atoms with Gasteiger partial charge in [-0.1, -0.05) is 6.07 Å². The molecule has 1 aliphatic rings. The minimum atomic E-state index is 0. The molecular formula is C10H14BrClN2O. The van der Waals surface area contributed by atoms with Crippen molar-refractivity contribution in [1.82, 2.24) is 10.3 Å². The lowest BCUT2D eigenvalue weighted by Crippen LogP contribution is -2.15. The second-order valence-corrected chi connectivity index (χ2v) is 4.28. The van der Waals surface area contributed by atoms with Crippen molar-refractivity contribution in [2.75, 3.05) is 19.7 Å². The number of aromatic nitrogens is 1. The summed E-state index contributed by atoms with van der Waals surface area (Å²) in [6.07, 6.45) is 1.20. The quantitative estimate of drug-likeness (QED) is 0.868. The molecule has 0 aromatic carbocycles. The number of hydrogen-bond acceptors (Lipinski definition) is 3. The van der Waals surface area contributed by atoms with E-state index in [2.05, 4.69) is 26.2 Å². The Morgan fingerprint density at radius 2 is 2.40 bits per heavy atom. The van der Waals surface area contributed by atoms with Crippen molar-refractivity contribution in [3.8, 4) is 5.88 Å². The maximum atomic E-state index is 5.59. The second kappa shape index (κ2) is 6.30. The molecule has 5 heteroatoms. The molecule has 2 heterocycles. The van der Waals surface area contributed by atoms with Gasteiger partial charge in [-0.3, -0.25) is 0 Å². The summed E-state index contributed by atoms with van der Waals surface area (Å²) in [5.41, 5.74) is 0. The van der Waals surface area contributed by atoms with Gasteiger partial charge in [-0.15, -0.1) is 12.4 Å². The summed E-state index contributed by atoms with van der Waals surface area (Å²) in [7, 11) is 0. The van der Waals surface area contributed by atoms with Crippen LogP contribution in [-0.4, -0.2) is 24.7 Å². The summed E-state index contributed by atoms with van der Waals surface area (Å²) in [6, 6.07) is 5.70. The van der Waals surface area contributed by atoms with Crippen molar-refractivity contribution in [2.24, 2.45) is 5.92 Å². The number of nitrogens with one attached hydrogen (secondary N) is 1. The summed E-state index contributed by atoms with van der Waals surface area (Å²) in [4.78, 5) is 4.21. The van der Waals surface area contributed by atoms with Gasteiger partial charge in [0.05, 0.1) is 6.61 Å². The van der Waals surface area contributed by atoms with Crippen molar-refractivity contribution in [3.05, 3.63) is 22.8 Å². The van der Waals surface area contributed by atoms with E-state index in [1.165, 1.54) is 6.42 Å². The Kier molecular flexibility index (Phi) is 5.36. The highest BCUT2D eigenvalue weighted by molar-refractivity contribution is 9.10. The Morgan fingerprint density at radius 1 is 1.53 bits per heavy atom. The predicted molar refractivity (Wildman–Crippen MR) is 65.7 cm³/mol. The highest BCUT2D eigenvalue weighted by Crippen LogP contribution is 2.14. The standard InChI is InChI=1S/C10H13BrN2O.ClH/c11-9-2-1-3-10(13-9)14-7-8-4-5-12-6-8;/h1-3,8,12H,4-7H2;1H. The van der Waals surface area contributed by atoms with E-state index in [9.17, 15) is 0 Å². The topological polar surface area (TPSA) is 34.1 Å². The lowest BCUT2D eigenvalue weighted by Gasteiger charge is -2.09. The monoisotopic (exact) mass is 292 g/mol. The van der Waals surface area contributed by atoms with Crippen LogP contribution in [0.3, 0.4) is 0 Å². The number of pyridine rings is 1. The zero-order valence-electron chi connectivity index (χ0n) is 8.28. The molecule has 1 fully saturated rings. The minimum Gasteiger partial charge on any atom is -0.477 e. The van der Waals surface area contributed by atoms with E-state index in [-0.39, 0.29) is 12.4 Å². The summed E-state index contributed by atoms with van der Waals surface area (Å²) in [6.45, 7) is 2.93. The lowest BCUT2D eigenvalue weighted by atomic mass is 10.1.